The summed E-state index contributed by atoms with van der Waals surface area (Å²) in [5, 5.41) is 12.1. The van der Waals surface area contributed by atoms with Crippen LogP contribution in [0.3, 0.4) is 0 Å². The van der Waals surface area contributed by atoms with E-state index >= 15 is 0 Å². The minimum absolute atomic E-state index is 0.00980. The lowest BCUT2D eigenvalue weighted by molar-refractivity contribution is -0.141. The van der Waals surface area contributed by atoms with Crippen LogP contribution in [0.15, 0.2) is 48.5 Å². The molecule has 2 aliphatic carbocycles. The molecule has 2 aromatic rings. The molecule has 33 heavy (non-hydrogen) atoms. The second-order valence-electron chi connectivity index (χ2n) is 9.28. The van der Waals surface area contributed by atoms with Gasteiger partial charge in [0.15, 0.2) is 0 Å². The van der Waals surface area contributed by atoms with E-state index in [-0.39, 0.29) is 36.9 Å². The van der Waals surface area contributed by atoms with Gasteiger partial charge in [-0.05, 0) is 47.9 Å². The van der Waals surface area contributed by atoms with Crippen molar-refractivity contribution in [3.63, 3.8) is 0 Å². The quantitative estimate of drug-likeness (QED) is 0.728. The van der Waals surface area contributed by atoms with Gasteiger partial charge in [-0.2, -0.15) is 0 Å². The molecule has 3 atom stereocenters. The number of hydrogen-bond acceptors (Lipinski definition) is 4. The zero-order chi connectivity index (χ0) is 22.9. The van der Waals surface area contributed by atoms with Gasteiger partial charge in [0.2, 0.25) is 5.91 Å². The third kappa shape index (κ3) is 4.19. The predicted molar refractivity (Wildman–Crippen MR) is 122 cm³/mol. The molecule has 0 aromatic heterocycles. The van der Waals surface area contributed by atoms with Crippen molar-refractivity contribution in [1.29, 1.82) is 0 Å². The minimum atomic E-state index is -0.841. The highest BCUT2D eigenvalue weighted by atomic mass is 16.5. The van der Waals surface area contributed by atoms with Crippen molar-refractivity contribution in [3.05, 3.63) is 59.7 Å². The number of aliphatic carboxylic acids is 1. The van der Waals surface area contributed by atoms with Crippen LogP contribution in [0.25, 0.3) is 11.1 Å². The maximum atomic E-state index is 12.8. The maximum absolute atomic E-state index is 12.8. The number of alkyl carbamates (subject to hydrolysis) is 1. The number of benzene rings is 2. The number of carboxylic acid groups (broad SMARTS) is 1. The van der Waals surface area contributed by atoms with E-state index in [1.165, 1.54) is 22.3 Å². The first-order chi connectivity index (χ1) is 16.0. The number of amides is 2. The molecule has 2 N–H and O–H groups in total. The molecule has 3 aliphatic rings. The molecule has 2 aromatic carbocycles. The molecule has 0 radical (unpaired) electrons. The van der Waals surface area contributed by atoms with Gasteiger partial charge in [0, 0.05) is 31.0 Å². The van der Waals surface area contributed by atoms with E-state index in [1.54, 1.807) is 4.90 Å². The monoisotopic (exact) mass is 448 g/mol. The highest BCUT2D eigenvalue weighted by molar-refractivity contribution is 5.81. The Hall–Kier alpha value is -3.35. The van der Waals surface area contributed by atoms with Crippen molar-refractivity contribution in [1.82, 2.24) is 10.2 Å². The summed E-state index contributed by atoms with van der Waals surface area (Å²) in [6, 6.07) is 16.3. The van der Waals surface area contributed by atoms with Gasteiger partial charge in [-0.3, -0.25) is 9.59 Å². The fourth-order valence-corrected chi connectivity index (χ4v) is 5.56. The molecule has 7 heteroatoms. The molecule has 0 bridgehead atoms. The highest BCUT2D eigenvalue weighted by Crippen LogP contribution is 2.44. The Kier molecular flexibility index (Phi) is 5.79. The summed E-state index contributed by atoms with van der Waals surface area (Å²) in [5.41, 5.74) is 4.71. The van der Waals surface area contributed by atoms with Crippen LogP contribution in [-0.2, 0) is 14.3 Å². The average molecular weight is 449 g/mol. The summed E-state index contributed by atoms with van der Waals surface area (Å²) in [6.45, 7) is 1.05. The lowest BCUT2D eigenvalue weighted by atomic mass is 9.98. The number of rotatable bonds is 5. The topological polar surface area (TPSA) is 95.9 Å². The van der Waals surface area contributed by atoms with Gasteiger partial charge < -0.3 is 20.1 Å². The second kappa shape index (κ2) is 8.89. The Labute approximate surface area is 192 Å². The van der Waals surface area contributed by atoms with Gasteiger partial charge in [0.1, 0.15) is 6.61 Å². The molecule has 1 saturated carbocycles. The van der Waals surface area contributed by atoms with Gasteiger partial charge in [0.25, 0.3) is 0 Å². The molecule has 7 nitrogen and oxygen atoms in total. The zero-order valence-corrected chi connectivity index (χ0v) is 18.4. The summed E-state index contributed by atoms with van der Waals surface area (Å²) in [5.74, 6) is -1.46. The van der Waals surface area contributed by atoms with Crippen molar-refractivity contribution in [2.45, 2.75) is 37.6 Å². The molecule has 172 valence electrons. The van der Waals surface area contributed by atoms with Gasteiger partial charge in [0.05, 0.1) is 5.92 Å². The minimum Gasteiger partial charge on any atom is -0.481 e. The van der Waals surface area contributed by atoms with Crippen LogP contribution in [0.5, 0.6) is 0 Å². The van der Waals surface area contributed by atoms with Crippen molar-refractivity contribution < 1.29 is 24.2 Å². The van der Waals surface area contributed by atoms with Gasteiger partial charge >= 0.3 is 12.1 Å². The average Bonchev–Trinajstić information content (AvgIpc) is 3.55. The van der Waals surface area contributed by atoms with E-state index in [0.717, 1.165) is 6.42 Å². The van der Waals surface area contributed by atoms with Crippen LogP contribution in [0.2, 0.25) is 0 Å². The summed E-state index contributed by atoms with van der Waals surface area (Å²) in [7, 11) is 0. The lowest BCUT2D eigenvalue weighted by Gasteiger charge is -2.20. The first kappa shape index (κ1) is 21.5. The van der Waals surface area contributed by atoms with Crippen molar-refractivity contribution in [2.75, 3.05) is 19.7 Å². The van der Waals surface area contributed by atoms with Gasteiger partial charge in [-0.25, -0.2) is 4.79 Å². The molecule has 1 saturated heterocycles. The maximum Gasteiger partial charge on any atom is 0.407 e. The SMILES string of the molecule is O=C(N[C@H]1CC[C@@H](C(=O)N2CCC(C(=O)O)C2)C1)OCC1c2ccccc2-c2ccccc21. The number of ether oxygens (including phenoxy) is 1. The standard InChI is InChI=1S/C26H28N2O5/c29-24(28-12-11-17(14-28)25(30)31)16-9-10-18(13-16)27-26(32)33-15-23-21-7-3-1-5-19(21)20-6-2-4-8-22(20)23/h1-8,16-18,23H,9-15H2,(H,27,32)(H,30,31)/t16-,17?,18+/m1/s1. The lowest BCUT2D eigenvalue weighted by Crippen LogP contribution is -2.37. The Morgan fingerprint density at radius 1 is 0.939 bits per heavy atom. The summed E-state index contributed by atoms with van der Waals surface area (Å²) in [4.78, 5) is 38.1. The summed E-state index contributed by atoms with van der Waals surface area (Å²) in [6.07, 6.45) is 2.03. The van der Waals surface area contributed by atoms with Crippen LogP contribution in [0, 0.1) is 11.8 Å². The van der Waals surface area contributed by atoms with Crippen LogP contribution in [-0.4, -0.2) is 53.7 Å². The molecule has 5 rings (SSSR count). The first-order valence-corrected chi connectivity index (χ1v) is 11.6. The van der Waals surface area contributed by atoms with Crippen molar-refractivity contribution in [2.24, 2.45) is 11.8 Å². The molecule has 2 fully saturated rings. The number of likely N-dealkylation sites (tertiary alicyclic amines) is 1. The molecular formula is C26H28N2O5. The number of carbonyl (C=O) groups excluding carboxylic acids is 2. The van der Waals surface area contributed by atoms with Gasteiger partial charge in [-0.1, -0.05) is 48.5 Å². The van der Waals surface area contributed by atoms with Crippen molar-refractivity contribution in [3.8, 4) is 11.1 Å². The van der Waals surface area contributed by atoms with Crippen LogP contribution in [0.1, 0.15) is 42.7 Å². The van der Waals surface area contributed by atoms with Crippen LogP contribution in [0.4, 0.5) is 4.79 Å². The number of carbonyl (C=O) groups is 3. The van der Waals surface area contributed by atoms with E-state index in [9.17, 15) is 14.4 Å². The largest absolute Gasteiger partial charge is 0.481 e. The van der Waals surface area contributed by atoms with E-state index in [4.69, 9.17) is 9.84 Å². The Morgan fingerprint density at radius 2 is 1.61 bits per heavy atom. The molecule has 1 aliphatic heterocycles. The normalized spacial score (nSPS) is 23.8. The number of carboxylic acids is 1. The second-order valence-corrected chi connectivity index (χ2v) is 9.28. The molecular weight excluding hydrogens is 420 g/mol. The van der Waals surface area contributed by atoms with E-state index < -0.39 is 18.0 Å². The predicted octanol–water partition coefficient (Wildman–Crippen LogP) is 3.63. The van der Waals surface area contributed by atoms with Crippen LogP contribution >= 0.6 is 0 Å². The third-order valence-corrected chi connectivity index (χ3v) is 7.30. The number of nitrogens with one attached hydrogen (secondary N) is 1. The van der Waals surface area contributed by atoms with E-state index in [1.807, 2.05) is 24.3 Å². The molecule has 0 spiro atoms. The number of fused-ring (bicyclic) bond motifs is 3. The fraction of sp³-hybridized carbons (Fsp3) is 0.423. The molecule has 1 unspecified atom stereocenters. The summed E-state index contributed by atoms with van der Waals surface area (Å²) >= 11 is 0. The third-order valence-electron chi connectivity index (χ3n) is 7.30. The molecule has 2 amide bonds. The number of hydrogen-bond donors (Lipinski definition) is 2. The first-order valence-electron chi connectivity index (χ1n) is 11.6. The Balaban J connectivity index is 1.14. The Morgan fingerprint density at radius 3 is 2.24 bits per heavy atom. The fourth-order valence-electron chi connectivity index (χ4n) is 5.56. The number of nitrogens with zero attached hydrogens (tertiary/aromatic N) is 1. The van der Waals surface area contributed by atoms with Crippen LogP contribution < -0.4 is 5.32 Å². The zero-order valence-electron chi connectivity index (χ0n) is 18.4. The van der Waals surface area contributed by atoms with E-state index in [2.05, 4.69) is 29.6 Å². The van der Waals surface area contributed by atoms with Crippen molar-refractivity contribution >= 4 is 18.0 Å². The molecule has 1 heterocycles. The van der Waals surface area contributed by atoms with E-state index in [0.29, 0.717) is 25.8 Å². The highest BCUT2D eigenvalue weighted by Gasteiger charge is 2.38. The Bertz CT molecular complexity index is 1040. The summed E-state index contributed by atoms with van der Waals surface area (Å²) < 4.78 is 5.63. The van der Waals surface area contributed by atoms with Gasteiger partial charge in [-0.15, -0.1) is 0 Å². The smallest absolute Gasteiger partial charge is 0.407 e.